The van der Waals surface area contributed by atoms with Crippen LogP contribution in [-0.2, 0) is 18.4 Å². The Labute approximate surface area is 114 Å². The summed E-state index contributed by atoms with van der Waals surface area (Å²) in [7, 11) is 1.92. The predicted octanol–water partition coefficient (Wildman–Crippen LogP) is 1.95. The average molecular weight is 265 g/mol. The van der Waals surface area contributed by atoms with E-state index in [0.29, 0.717) is 6.54 Å². The van der Waals surface area contributed by atoms with Crippen molar-refractivity contribution in [1.82, 2.24) is 14.7 Å². The summed E-state index contributed by atoms with van der Waals surface area (Å²) in [6.07, 6.45) is 5.20. The van der Waals surface area contributed by atoms with Gasteiger partial charge >= 0.3 is 5.97 Å². The second kappa shape index (κ2) is 5.33. The number of nitrogens with zero attached hydrogens (tertiary/aromatic N) is 3. The van der Waals surface area contributed by atoms with Crippen LogP contribution in [0.25, 0.3) is 0 Å². The van der Waals surface area contributed by atoms with Gasteiger partial charge in [0.15, 0.2) is 0 Å². The number of likely N-dealkylation sites (tertiary alicyclic amines) is 1. The molecule has 0 amide bonds. The highest BCUT2D eigenvalue weighted by atomic mass is 16.4. The topological polar surface area (TPSA) is 58.4 Å². The maximum absolute atomic E-state index is 11.7. The second-order valence-electron chi connectivity index (χ2n) is 5.49. The van der Waals surface area contributed by atoms with E-state index in [0.717, 1.165) is 43.5 Å². The summed E-state index contributed by atoms with van der Waals surface area (Å²) >= 11 is 0. The molecule has 1 atom stereocenters. The number of carboxylic acids is 1. The first-order chi connectivity index (χ1) is 9.01. The molecule has 1 aromatic rings. The van der Waals surface area contributed by atoms with Gasteiger partial charge in [0.25, 0.3) is 0 Å². The molecule has 0 radical (unpaired) electrons. The molecule has 1 aromatic heterocycles. The van der Waals surface area contributed by atoms with E-state index in [1.165, 1.54) is 0 Å². The number of carboxylic acid groups (broad SMARTS) is 1. The highest BCUT2D eigenvalue weighted by Gasteiger charge is 2.46. The van der Waals surface area contributed by atoms with Crippen LogP contribution in [0.1, 0.15) is 43.9 Å². The molecule has 2 heterocycles. The van der Waals surface area contributed by atoms with Gasteiger partial charge in [0.05, 0.1) is 6.20 Å². The Balaban J connectivity index is 2.22. The van der Waals surface area contributed by atoms with Crippen molar-refractivity contribution in [2.75, 3.05) is 6.54 Å². The van der Waals surface area contributed by atoms with Gasteiger partial charge in [-0.1, -0.05) is 13.3 Å². The lowest BCUT2D eigenvalue weighted by molar-refractivity contribution is -0.150. The normalized spacial score (nSPS) is 23.9. The Kier molecular flexibility index (Phi) is 3.94. The Bertz CT molecular complexity index is 469. The Morgan fingerprint density at radius 2 is 2.32 bits per heavy atom. The molecule has 1 aliphatic rings. The van der Waals surface area contributed by atoms with Crippen LogP contribution in [0.2, 0.25) is 0 Å². The van der Waals surface area contributed by atoms with E-state index in [1.807, 2.05) is 24.9 Å². The van der Waals surface area contributed by atoms with Gasteiger partial charge in [-0.3, -0.25) is 14.4 Å². The molecule has 1 unspecified atom stereocenters. The zero-order valence-electron chi connectivity index (χ0n) is 12.0. The van der Waals surface area contributed by atoms with Crippen LogP contribution in [0.15, 0.2) is 6.20 Å². The first-order valence-corrected chi connectivity index (χ1v) is 6.97. The maximum Gasteiger partial charge on any atom is 0.324 e. The molecule has 0 bridgehead atoms. The number of carbonyl (C=O) groups is 1. The minimum absolute atomic E-state index is 0.670. The first-order valence-electron chi connectivity index (χ1n) is 6.97. The van der Waals surface area contributed by atoms with Crippen molar-refractivity contribution in [3.05, 3.63) is 17.5 Å². The zero-order chi connectivity index (χ0) is 14.0. The lowest BCUT2D eigenvalue weighted by Gasteiger charge is -2.34. The van der Waals surface area contributed by atoms with E-state index in [-0.39, 0.29) is 0 Å². The summed E-state index contributed by atoms with van der Waals surface area (Å²) in [4.78, 5) is 13.9. The van der Waals surface area contributed by atoms with Crippen molar-refractivity contribution in [2.24, 2.45) is 7.05 Å². The third-order valence-corrected chi connectivity index (χ3v) is 4.38. The summed E-state index contributed by atoms with van der Waals surface area (Å²) in [5.41, 5.74) is 1.57. The van der Waals surface area contributed by atoms with Crippen molar-refractivity contribution in [1.29, 1.82) is 0 Å². The molecular weight excluding hydrogens is 242 g/mol. The molecule has 0 aromatic carbocycles. The van der Waals surface area contributed by atoms with Gasteiger partial charge in [-0.25, -0.2) is 0 Å². The quantitative estimate of drug-likeness (QED) is 0.884. The van der Waals surface area contributed by atoms with Crippen LogP contribution in [0.3, 0.4) is 0 Å². The average Bonchev–Trinajstić information content (AvgIpc) is 2.90. The summed E-state index contributed by atoms with van der Waals surface area (Å²) in [5.74, 6) is -0.673. The van der Waals surface area contributed by atoms with E-state index in [9.17, 15) is 9.90 Å². The van der Waals surface area contributed by atoms with Crippen LogP contribution < -0.4 is 0 Å². The second-order valence-corrected chi connectivity index (χ2v) is 5.49. The third kappa shape index (κ3) is 2.39. The van der Waals surface area contributed by atoms with Gasteiger partial charge in [-0.2, -0.15) is 5.10 Å². The molecule has 0 spiro atoms. The number of aromatic nitrogens is 2. The zero-order valence-corrected chi connectivity index (χ0v) is 12.0. The highest BCUT2D eigenvalue weighted by Crippen LogP contribution is 2.35. The maximum atomic E-state index is 11.7. The van der Waals surface area contributed by atoms with Crippen LogP contribution in [0.4, 0.5) is 0 Å². The van der Waals surface area contributed by atoms with Crippen molar-refractivity contribution in [2.45, 2.75) is 51.6 Å². The van der Waals surface area contributed by atoms with Gasteiger partial charge in [0.1, 0.15) is 5.54 Å². The molecule has 0 aliphatic carbocycles. The van der Waals surface area contributed by atoms with E-state index < -0.39 is 11.5 Å². The minimum Gasteiger partial charge on any atom is -0.480 e. The minimum atomic E-state index is -0.673. The van der Waals surface area contributed by atoms with E-state index in [1.54, 1.807) is 0 Å². The van der Waals surface area contributed by atoms with Gasteiger partial charge in [-0.05, 0) is 32.7 Å². The molecular formula is C14H23N3O2. The lowest BCUT2D eigenvalue weighted by atomic mass is 9.90. The van der Waals surface area contributed by atoms with Crippen LogP contribution in [0.5, 0.6) is 0 Å². The van der Waals surface area contributed by atoms with E-state index in [4.69, 9.17) is 0 Å². The first kappa shape index (κ1) is 14.1. The lowest BCUT2D eigenvalue weighted by Crippen LogP contribution is -2.50. The summed E-state index contributed by atoms with van der Waals surface area (Å²) < 4.78 is 1.84. The van der Waals surface area contributed by atoms with Crippen molar-refractivity contribution < 1.29 is 9.90 Å². The Morgan fingerprint density at radius 3 is 2.84 bits per heavy atom. The summed E-state index contributed by atoms with van der Waals surface area (Å²) in [5, 5.41) is 13.9. The predicted molar refractivity (Wildman–Crippen MR) is 72.9 cm³/mol. The number of hydrogen-bond acceptors (Lipinski definition) is 3. The van der Waals surface area contributed by atoms with Gasteiger partial charge in [0.2, 0.25) is 0 Å². The largest absolute Gasteiger partial charge is 0.480 e. The third-order valence-electron chi connectivity index (χ3n) is 4.38. The van der Waals surface area contributed by atoms with Crippen molar-refractivity contribution in [3.63, 3.8) is 0 Å². The SMILES string of the molecule is CCCC1(C(=O)O)CCCN1Cc1cnn(C)c1C. The number of hydrogen-bond donors (Lipinski definition) is 1. The molecule has 1 saturated heterocycles. The fourth-order valence-corrected chi connectivity index (χ4v) is 3.12. The Hall–Kier alpha value is -1.36. The van der Waals surface area contributed by atoms with Crippen LogP contribution >= 0.6 is 0 Å². The molecule has 2 rings (SSSR count). The molecule has 1 fully saturated rings. The highest BCUT2D eigenvalue weighted by molar-refractivity contribution is 5.79. The monoisotopic (exact) mass is 265 g/mol. The van der Waals surface area contributed by atoms with Crippen LogP contribution in [0, 0.1) is 6.92 Å². The Morgan fingerprint density at radius 1 is 1.58 bits per heavy atom. The standard InChI is InChI=1S/C14H23N3O2/c1-4-6-14(13(18)19)7-5-8-17(14)10-12-9-15-16(3)11(12)2/h9H,4-8,10H2,1-3H3,(H,18,19). The smallest absolute Gasteiger partial charge is 0.324 e. The van der Waals surface area contributed by atoms with Gasteiger partial charge < -0.3 is 5.11 Å². The number of rotatable bonds is 5. The van der Waals surface area contributed by atoms with Crippen molar-refractivity contribution >= 4 is 5.97 Å². The van der Waals surface area contributed by atoms with Crippen molar-refractivity contribution in [3.8, 4) is 0 Å². The fourth-order valence-electron chi connectivity index (χ4n) is 3.12. The molecule has 0 saturated carbocycles. The van der Waals surface area contributed by atoms with E-state index >= 15 is 0 Å². The molecule has 5 nitrogen and oxygen atoms in total. The van der Waals surface area contributed by atoms with E-state index in [2.05, 4.69) is 16.9 Å². The molecule has 5 heteroatoms. The summed E-state index contributed by atoms with van der Waals surface area (Å²) in [6, 6.07) is 0. The van der Waals surface area contributed by atoms with Crippen LogP contribution in [-0.4, -0.2) is 37.8 Å². The molecule has 19 heavy (non-hydrogen) atoms. The molecule has 106 valence electrons. The number of aryl methyl sites for hydroxylation is 1. The number of aliphatic carboxylic acids is 1. The summed E-state index contributed by atoms with van der Waals surface area (Å²) in [6.45, 7) is 5.63. The van der Waals surface area contributed by atoms with Gasteiger partial charge in [-0.15, -0.1) is 0 Å². The fraction of sp³-hybridized carbons (Fsp3) is 0.714. The molecule has 1 aliphatic heterocycles. The van der Waals surface area contributed by atoms with Gasteiger partial charge in [0, 0.05) is 24.8 Å². The molecule has 1 N–H and O–H groups in total.